The van der Waals surface area contributed by atoms with Gasteiger partial charge in [-0.2, -0.15) is 0 Å². The molecule has 1 fully saturated rings. The topological polar surface area (TPSA) is 88.6 Å². The molecule has 6 nitrogen and oxygen atoms in total. The van der Waals surface area contributed by atoms with Crippen molar-refractivity contribution in [2.24, 2.45) is 5.73 Å². The van der Waals surface area contributed by atoms with Gasteiger partial charge in [0.05, 0.1) is 12.3 Å². The molecule has 0 saturated carbocycles. The summed E-state index contributed by atoms with van der Waals surface area (Å²) in [5.41, 5.74) is 7.17. The Balaban J connectivity index is 1.78. The second-order valence-corrected chi connectivity index (χ2v) is 6.40. The van der Waals surface area contributed by atoms with Crippen molar-refractivity contribution >= 4 is 17.6 Å². The van der Waals surface area contributed by atoms with Crippen molar-refractivity contribution in [2.45, 2.75) is 38.6 Å². The van der Waals surface area contributed by atoms with Crippen LogP contribution in [0, 0.1) is 6.92 Å². The van der Waals surface area contributed by atoms with E-state index in [0.717, 1.165) is 37.0 Å². The van der Waals surface area contributed by atoms with E-state index >= 15 is 0 Å². The highest BCUT2D eigenvalue weighted by Gasteiger charge is 2.28. The molecular weight excluding hydrogens is 318 g/mol. The monoisotopic (exact) mass is 341 g/mol. The van der Waals surface area contributed by atoms with E-state index in [1.54, 1.807) is 31.4 Å². The molecule has 1 saturated heterocycles. The van der Waals surface area contributed by atoms with E-state index in [9.17, 15) is 9.59 Å². The number of nitrogens with zero attached hydrogens (tertiary/aromatic N) is 1. The first-order valence-corrected chi connectivity index (χ1v) is 8.58. The van der Waals surface area contributed by atoms with Crippen LogP contribution in [0.25, 0.3) is 0 Å². The van der Waals surface area contributed by atoms with E-state index in [1.807, 2.05) is 17.0 Å². The first-order chi connectivity index (χ1) is 12.1. The molecule has 25 heavy (non-hydrogen) atoms. The summed E-state index contributed by atoms with van der Waals surface area (Å²) in [5, 5.41) is 2.93. The Morgan fingerprint density at radius 2 is 2.08 bits per heavy atom. The lowest BCUT2D eigenvalue weighted by Gasteiger charge is -2.28. The fraction of sp³-hybridized carbons (Fsp3) is 0.368. The third-order valence-electron chi connectivity index (χ3n) is 4.63. The number of primary amides is 1. The molecule has 1 atom stereocenters. The number of benzene rings is 1. The quantitative estimate of drug-likeness (QED) is 0.889. The number of nitrogens with one attached hydrogen (secondary N) is 1. The van der Waals surface area contributed by atoms with E-state index in [-0.39, 0.29) is 12.1 Å². The minimum absolute atomic E-state index is 0.0523. The van der Waals surface area contributed by atoms with E-state index in [4.69, 9.17) is 10.2 Å². The average molecular weight is 341 g/mol. The van der Waals surface area contributed by atoms with Crippen LogP contribution in [0.3, 0.4) is 0 Å². The first kappa shape index (κ1) is 17.1. The van der Waals surface area contributed by atoms with E-state index < -0.39 is 5.91 Å². The molecule has 3 N–H and O–H groups in total. The fourth-order valence-electron chi connectivity index (χ4n) is 3.34. The summed E-state index contributed by atoms with van der Waals surface area (Å²) in [6, 6.07) is 8.66. The van der Waals surface area contributed by atoms with Gasteiger partial charge in [0.25, 0.3) is 0 Å². The van der Waals surface area contributed by atoms with Gasteiger partial charge in [-0.05, 0) is 55.7 Å². The van der Waals surface area contributed by atoms with Crippen LogP contribution in [0.15, 0.2) is 41.0 Å². The van der Waals surface area contributed by atoms with Crippen LogP contribution >= 0.6 is 0 Å². The Bertz CT molecular complexity index is 755. The summed E-state index contributed by atoms with van der Waals surface area (Å²) >= 11 is 0. The lowest BCUT2D eigenvalue weighted by molar-refractivity contribution is 0.0999. The number of anilines is 1. The van der Waals surface area contributed by atoms with Gasteiger partial charge < -0.3 is 20.4 Å². The second kappa shape index (κ2) is 7.42. The van der Waals surface area contributed by atoms with Crippen molar-refractivity contribution in [3.05, 3.63) is 53.5 Å². The third-order valence-corrected chi connectivity index (χ3v) is 4.63. The van der Waals surface area contributed by atoms with Gasteiger partial charge in [-0.1, -0.05) is 12.8 Å². The van der Waals surface area contributed by atoms with Crippen molar-refractivity contribution in [2.75, 3.05) is 11.9 Å². The van der Waals surface area contributed by atoms with Crippen LogP contribution in [0.5, 0.6) is 0 Å². The molecule has 3 amide bonds. The molecule has 0 radical (unpaired) electrons. The number of hydrogen-bond acceptors (Lipinski definition) is 3. The fourth-order valence-corrected chi connectivity index (χ4v) is 3.34. The van der Waals surface area contributed by atoms with Gasteiger partial charge in [0.15, 0.2) is 0 Å². The Labute approximate surface area is 147 Å². The Morgan fingerprint density at radius 1 is 1.24 bits per heavy atom. The summed E-state index contributed by atoms with van der Waals surface area (Å²) in [6.45, 7) is 2.49. The van der Waals surface area contributed by atoms with Gasteiger partial charge in [-0.15, -0.1) is 0 Å². The maximum atomic E-state index is 12.8. The highest BCUT2D eigenvalue weighted by Crippen LogP contribution is 2.31. The molecule has 0 bridgehead atoms. The summed E-state index contributed by atoms with van der Waals surface area (Å²) < 4.78 is 5.55. The number of likely N-dealkylation sites (tertiary alicyclic amines) is 1. The zero-order chi connectivity index (χ0) is 17.8. The van der Waals surface area contributed by atoms with Crippen molar-refractivity contribution in [3.8, 4) is 0 Å². The molecule has 1 unspecified atom stereocenters. The Hall–Kier alpha value is -2.76. The second-order valence-electron chi connectivity index (χ2n) is 6.40. The average Bonchev–Trinajstić information content (AvgIpc) is 2.98. The number of urea groups is 1. The lowest BCUT2D eigenvalue weighted by atomic mass is 10.1. The van der Waals surface area contributed by atoms with Gasteiger partial charge in [-0.25, -0.2) is 4.79 Å². The molecule has 3 rings (SSSR count). The van der Waals surface area contributed by atoms with Crippen molar-refractivity contribution in [3.63, 3.8) is 0 Å². The zero-order valence-corrected chi connectivity index (χ0v) is 14.3. The number of aryl methyl sites for hydroxylation is 1. The molecule has 1 aliphatic rings. The highest BCUT2D eigenvalue weighted by atomic mass is 16.3. The van der Waals surface area contributed by atoms with E-state index in [1.165, 1.54) is 0 Å². The van der Waals surface area contributed by atoms with Gasteiger partial charge in [0.1, 0.15) is 5.76 Å². The molecule has 0 spiro atoms. The van der Waals surface area contributed by atoms with Gasteiger partial charge in [0, 0.05) is 17.8 Å². The maximum absolute atomic E-state index is 12.8. The minimum atomic E-state index is -0.472. The van der Waals surface area contributed by atoms with Gasteiger partial charge in [-0.3, -0.25) is 4.79 Å². The van der Waals surface area contributed by atoms with Crippen LogP contribution in [0.1, 0.15) is 53.4 Å². The van der Waals surface area contributed by atoms with Crippen LogP contribution in [0.2, 0.25) is 0 Å². The van der Waals surface area contributed by atoms with Gasteiger partial charge in [0.2, 0.25) is 5.91 Å². The number of carbonyl (C=O) groups excluding carboxylic acids is 2. The largest absolute Gasteiger partial charge is 0.467 e. The van der Waals surface area contributed by atoms with E-state index in [2.05, 4.69) is 5.32 Å². The van der Waals surface area contributed by atoms with Crippen molar-refractivity contribution in [1.29, 1.82) is 0 Å². The van der Waals surface area contributed by atoms with Crippen LogP contribution < -0.4 is 11.1 Å². The zero-order valence-electron chi connectivity index (χ0n) is 14.3. The third kappa shape index (κ3) is 3.84. The van der Waals surface area contributed by atoms with E-state index in [0.29, 0.717) is 17.8 Å². The molecule has 1 aromatic carbocycles. The van der Waals surface area contributed by atoms with Crippen molar-refractivity contribution < 1.29 is 14.0 Å². The highest BCUT2D eigenvalue weighted by molar-refractivity contribution is 5.96. The molecule has 1 aliphatic heterocycles. The standard InChI is InChI=1S/C19H23N3O3/c1-13-12-14(8-9-15(13)18(20)23)21-19(24)22-10-4-2-3-6-16(22)17-7-5-11-25-17/h5,7-9,11-12,16H,2-4,6,10H2,1H3,(H2,20,23)(H,21,24). The van der Waals surface area contributed by atoms with Crippen molar-refractivity contribution in [1.82, 2.24) is 4.90 Å². The maximum Gasteiger partial charge on any atom is 0.322 e. The summed E-state index contributed by atoms with van der Waals surface area (Å²) in [6.07, 6.45) is 5.68. The smallest absolute Gasteiger partial charge is 0.322 e. The number of nitrogens with two attached hydrogens (primary N) is 1. The van der Waals surface area contributed by atoms with Crippen LogP contribution in [-0.2, 0) is 0 Å². The predicted molar refractivity (Wildman–Crippen MR) is 95.3 cm³/mol. The summed E-state index contributed by atoms with van der Waals surface area (Å²) in [5.74, 6) is 0.345. The number of carbonyl (C=O) groups is 2. The molecule has 1 aromatic heterocycles. The molecule has 2 heterocycles. The molecule has 132 valence electrons. The molecule has 6 heteroatoms. The first-order valence-electron chi connectivity index (χ1n) is 8.58. The Kier molecular flexibility index (Phi) is 5.07. The van der Waals surface area contributed by atoms with Crippen LogP contribution in [-0.4, -0.2) is 23.4 Å². The number of rotatable bonds is 3. The van der Waals surface area contributed by atoms with Crippen LogP contribution in [0.4, 0.5) is 10.5 Å². The summed E-state index contributed by atoms with van der Waals surface area (Å²) in [7, 11) is 0. The minimum Gasteiger partial charge on any atom is -0.467 e. The number of hydrogen-bond donors (Lipinski definition) is 2. The molecule has 2 aromatic rings. The Morgan fingerprint density at radius 3 is 2.76 bits per heavy atom. The number of amides is 3. The normalized spacial score (nSPS) is 17.8. The molecule has 0 aliphatic carbocycles. The van der Waals surface area contributed by atoms with Gasteiger partial charge >= 0.3 is 6.03 Å². The molecular formula is C19H23N3O3. The summed E-state index contributed by atoms with van der Waals surface area (Å²) in [4.78, 5) is 26.0. The predicted octanol–water partition coefficient (Wildman–Crippen LogP) is 3.84. The lowest BCUT2D eigenvalue weighted by Crippen LogP contribution is -2.38. The SMILES string of the molecule is Cc1cc(NC(=O)N2CCCCCC2c2ccco2)ccc1C(N)=O. The number of furan rings is 1.